The molecule has 23 heavy (non-hydrogen) atoms. The van der Waals surface area contributed by atoms with Crippen molar-refractivity contribution >= 4 is 28.6 Å². The van der Waals surface area contributed by atoms with Crippen molar-refractivity contribution in [3.05, 3.63) is 58.1 Å². The van der Waals surface area contributed by atoms with Crippen molar-refractivity contribution < 1.29 is 28.3 Å². The maximum atomic E-state index is 10.9. The third kappa shape index (κ3) is 4.25. The monoisotopic (exact) mass is 338 g/mol. The molecule has 1 atom stereocenters. The van der Waals surface area contributed by atoms with Crippen LogP contribution in [0.4, 0.5) is 11.4 Å². The average molecular weight is 338 g/mol. The summed E-state index contributed by atoms with van der Waals surface area (Å²) in [6.07, 6.45) is 0. The zero-order valence-corrected chi connectivity index (χ0v) is 12.1. The summed E-state index contributed by atoms with van der Waals surface area (Å²) in [5.74, 6) is -1.06. The molecule has 0 fully saturated rings. The van der Waals surface area contributed by atoms with Crippen molar-refractivity contribution in [1.82, 2.24) is 0 Å². The topological polar surface area (TPSA) is 139 Å². The van der Waals surface area contributed by atoms with Gasteiger partial charge in [-0.05, 0) is 24.3 Å². The SMILES string of the molecule is O=C(O)c1ccc(Oc2cccc([N+](=O)[O-])c2)c(NS(=O)O)c1. The quantitative estimate of drug-likeness (QED) is 0.418. The van der Waals surface area contributed by atoms with Crippen LogP contribution in [-0.2, 0) is 11.3 Å². The predicted molar refractivity (Wildman–Crippen MR) is 81.0 cm³/mol. The first-order valence-corrected chi connectivity index (χ1v) is 7.14. The number of hydrogen-bond acceptors (Lipinski definition) is 5. The summed E-state index contributed by atoms with van der Waals surface area (Å²) in [5, 5.41) is 19.7. The molecule has 0 saturated carbocycles. The summed E-state index contributed by atoms with van der Waals surface area (Å²) >= 11 is -2.45. The number of carboxylic acid groups (broad SMARTS) is 1. The van der Waals surface area contributed by atoms with Crippen molar-refractivity contribution in [3.63, 3.8) is 0 Å². The number of anilines is 1. The number of benzene rings is 2. The summed E-state index contributed by atoms with van der Waals surface area (Å²) in [6.45, 7) is 0. The van der Waals surface area contributed by atoms with Gasteiger partial charge in [-0.25, -0.2) is 9.00 Å². The van der Waals surface area contributed by atoms with Gasteiger partial charge in [-0.1, -0.05) is 6.07 Å². The molecule has 0 aromatic heterocycles. The molecular weight excluding hydrogens is 328 g/mol. The Labute approximate surface area is 132 Å². The van der Waals surface area contributed by atoms with Crippen LogP contribution in [0.15, 0.2) is 42.5 Å². The minimum atomic E-state index is -2.45. The maximum absolute atomic E-state index is 10.9. The first kappa shape index (κ1) is 16.4. The fraction of sp³-hybridized carbons (Fsp3) is 0. The van der Waals surface area contributed by atoms with Crippen LogP contribution in [0.25, 0.3) is 0 Å². The highest BCUT2D eigenvalue weighted by Crippen LogP contribution is 2.32. The standard InChI is InChI=1S/C13H10N2O7S/c16-13(17)8-4-5-12(11(6-8)14-23(20)21)22-10-3-1-2-9(7-10)15(18)19/h1-7,14H,(H,16,17)(H,20,21). The smallest absolute Gasteiger partial charge is 0.335 e. The molecule has 0 aliphatic carbocycles. The molecule has 0 heterocycles. The number of ether oxygens (including phenoxy) is 1. The molecule has 10 heteroatoms. The van der Waals surface area contributed by atoms with Gasteiger partial charge in [0, 0.05) is 6.07 Å². The number of rotatable bonds is 6. The van der Waals surface area contributed by atoms with Crippen LogP contribution in [-0.4, -0.2) is 24.8 Å². The van der Waals surface area contributed by atoms with E-state index in [2.05, 4.69) is 4.72 Å². The van der Waals surface area contributed by atoms with Crippen LogP contribution in [0.5, 0.6) is 11.5 Å². The number of carbonyl (C=O) groups is 1. The fourth-order valence-electron chi connectivity index (χ4n) is 1.71. The summed E-state index contributed by atoms with van der Waals surface area (Å²) in [4.78, 5) is 21.1. The lowest BCUT2D eigenvalue weighted by Gasteiger charge is -2.11. The van der Waals surface area contributed by atoms with Gasteiger partial charge in [0.25, 0.3) is 17.0 Å². The fourth-order valence-corrected chi connectivity index (χ4v) is 2.06. The van der Waals surface area contributed by atoms with E-state index in [0.717, 1.165) is 6.07 Å². The molecule has 9 nitrogen and oxygen atoms in total. The van der Waals surface area contributed by atoms with E-state index in [1.807, 2.05) is 0 Å². The van der Waals surface area contributed by atoms with Crippen molar-refractivity contribution in [3.8, 4) is 11.5 Å². The molecule has 0 saturated heterocycles. The lowest BCUT2D eigenvalue weighted by atomic mass is 10.2. The van der Waals surface area contributed by atoms with E-state index in [1.54, 1.807) is 0 Å². The third-order valence-electron chi connectivity index (χ3n) is 2.68. The summed E-state index contributed by atoms with van der Waals surface area (Å²) in [7, 11) is 0. The number of nitrogens with one attached hydrogen (secondary N) is 1. The molecule has 2 rings (SSSR count). The number of aromatic carboxylic acids is 1. The molecule has 1 unspecified atom stereocenters. The summed E-state index contributed by atoms with van der Waals surface area (Å²) in [6, 6.07) is 8.95. The number of hydrogen-bond donors (Lipinski definition) is 3. The normalized spacial score (nSPS) is 11.5. The van der Waals surface area contributed by atoms with Gasteiger partial charge in [-0.3, -0.25) is 19.4 Å². The lowest BCUT2D eigenvalue weighted by Crippen LogP contribution is -2.05. The Morgan fingerprint density at radius 3 is 2.61 bits per heavy atom. The molecule has 2 aromatic carbocycles. The number of nitro benzene ring substituents is 1. The second-order valence-electron chi connectivity index (χ2n) is 4.22. The van der Waals surface area contributed by atoms with Crippen LogP contribution in [0.3, 0.4) is 0 Å². The van der Waals surface area contributed by atoms with Crippen molar-refractivity contribution in [2.45, 2.75) is 0 Å². The Bertz CT molecular complexity index is 794. The molecule has 0 radical (unpaired) electrons. The molecule has 0 aliphatic heterocycles. The Morgan fingerprint density at radius 1 is 1.26 bits per heavy atom. The van der Waals surface area contributed by atoms with Crippen LogP contribution < -0.4 is 9.46 Å². The molecule has 2 aromatic rings. The van der Waals surface area contributed by atoms with Gasteiger partial charge in [0.15, 0.2) is 5.75 Å². The zero-order valence-electron chi connectivity index (χ0n) is 11.3. The Kier molecular flexibility index (Phi) is 4.88. The Balaban J connectivity index is 2.38. The predicted octanol–water partition coefficient (Wildman–Crippen LogP) is 2.63. The van der Waals surface area contributed by atoms with Crippen molar-refractivity contribution in [2.75, 3.05) is 4.72 Å². The first-order valence-electron chi connectivity index (χ1n) is 6.04. The largest absolute Gasteiger partial charge is 0.478 e. The van der Waals surface area contributed by atoms with E-state index in [0.29, 0.717) is 0 Å². The highest BCUT2D eigenvalue weighted by molar-refractivity contribution is 7.80. The molecule has 0 aliphatic rings. The van der Waals surface area contributed by atoms with Gasteiger partial charge >= 0.3 is 5.97 Å². The highest BCUT2D eigenvalue weighted by atomic mass is 32.2. The minimum Gasteiger partial charge on any atom is -0.478 e. The van der Waals surface area contributed by atoms with E-state index in [4.69, 9.17) is 14.4 Å². The van der Waals surface area contributed by atoms with Crippen LogP contribution >= 0.6 is 0 Å². The van der Waals surface area contributed by atoms with Gasteiger partial charge in [0.05, 0.1) is 22.2 Å². The number of nitro groups is 1. The average Bonchev–Trinajstić information content (AvgIpc) is 2.48. The van der Waals surface area contributed by atoms with E-state index in [1.165, 1.54) is 36.4 Å². The van der Waals surface area contributed by atoms with Crippen LogP contribution in [0, 0.1) is 10.1 Å². The number of non-ortho nitro benzene ring substituents is 1. The zero-order chi connectivity index (χ0) is 17.0. The third-order valence-corrected chi connectivity index (χ3v) is 3.07. The second kappa shape index (κ2) is 6.85. The highest BCUT2D eigenvalue weighted by Gasteiger charge is 2.13. The lowest BCUT2D eigenvalue weighted by molar-refractivity contribution is -0.384. The molecule has 0 spiro atoms. The van der Waals surface area contributed by atoms with E-state index in [9.17, 15) is 19.1 Å². The van der Waals surface area contributed by atoms with E-state index < -0.39 is 22.2 Å². The van der Waals surface area contributed by atoms with Gasteiger partial charge < -0.3 is 9.84 Å². The minimum absolute atomic E-state index is 0.0397. The molecule has 0 bridgehead atoms. The van der Waals surface area contributed by atoms with Gasteiger partial charge in [-0.2, -0.15) is 0 Å². The van der Waals surface area contributed by atoms with Crippen LogP contribution in [0.2, 0.25) is 0 Å². The molecule has 120 valence electrons. The molecule has 3 N–H and O–H groups in total. The number of nitrogens with zero attached hydrogens (tertiary/aromatic N) is 1. The van der Waals surface area contributed by atoms with Crippen molar-refractivity contribution in [2.24, 2.45) is 0 Å². The summed E-state index contributed by atoms with van der Waals surface area (Å²) in [5.41, 5.74) is -0.355. The van der Waals surface area contributed by atoms with Gasteiger partial charge in [0.1, 0.15) is 5.75 Å². The molecular formula is C13H10N2O7S. The summed E-state index contributed by atoms with van der Waals surface area (Å²) < 4.78 is 27.4. The first-order chi connectivity index (χ1) is 10.9. The second-order valence-corrected chi connectivity index (χ2v) is 4.93. The van der Waals surface area contributed by atoms with Gasteiger partial charge in [-0.15, -0.1) is 0 Å². The van der Waals surface area contributed by atoms with Crippen LogP contribution in [0.1, 0.15) is 10.4 Å². The maximum Gasteiger partial charge on any atom is 0.335 e. The Morgan fingerprint density at radius 2 is 2.00 bits per heavy atom. The number of carboxylic acids is 1. The van der Waals surface area contributed by atoms with Gasteiger partial charge in [0.2, 0.25) is 0 Å². The Hall–Kier alpha value is -2.98. The van der Waals surface area contributed by atoms with E-state index in [-0.39, 0.29) is 28.4 Å². The molecule has 0 amide bonds. The van der Waals surface area contributed by atoms with Crippen molar-refractivity contribution in [1.29, 1.82) is 0 Å². The van der Waals surface area contributed by atoms with E-state index >= 15 is 0 Å².